The number of fused-ring (bicyclic) bond motifs is 4. The highest BCUT2D eigenvalue weighted by molar-refractivity contribution is 7.13. The zero-order valence-corrected chi connectivity index (χ0v) is 48.8. The molecule has 2 amide bonds. The van der Waals surface area contributed by atoms with Crippen LogP contribution in [0.5, 0.6) is 11.6 Å². The third-order valence-corrected chi connectivity index (χ3v) is 20.1. The molecule has 20 heteroatoms. The standard InChI is InChI=1S/C63H78N12O7S/c1-36(2)59(63(79)73-34-47(76)26-54(73)62(78)67-37(3)40-9-11-41(12-10-40)60-38(4)66-35-83-60)56-30-57(70-82-56)75-42-13-14-43(75)24-39(23-42)31-71-21-18-48(19-22-71)80-49-27-50(28-49)81-58-25-44(17-20-65-58)74-45-15-16-46(74)33-72(32-45)53-29-52(68-69-61(53)64)51-7-5-6-8-55(51)77/h5-12,17,20,25,29-30,35-37,39,42-43,45-50,54,59,76-77H,13-16,18-19,21-24,26-28,31-34H2,1-4H3,(H2,64,69)(H,67,78)/t37-,39?,42?,43?,45?,46?,47+,49?,50?,54-,59+/m0/s1. The second-order valence-electron chi connectivity index (χ2n) is 25.0. The summed E-state index contributed by atoms with van der Waals surface area (Å²) < 4.78 is 19.2. The number of piperazine rings is 1. The fourth-order valence-electron chi connectivity index (χ4n) is 14.8. The molecule has 4 bridgehead atoms. The molecule has 0 radical (unpaired) electrons. The lowest BCUT2D eigenvalue weighted by molar-refractivity contribution is -0.141. The molecule has 0 spiro atoms. The number of amides is 2. The Kier molecular flexibility index (Phi) is 15.5. The number of nitrogens with zero attached hydrogens (tertiary/aromatic N) is 10. The third kappa shape index (κ3) is 11.4. The largest absolute Gasteiger partial charge is 0.507 e. The average Bonchev–Trinajstić information content (AvgIpc) is 4.48. The van der Waals surface area contributed by atoms with Crippen molar-refractivity contribution in [1.82, 2.24) is 40.4 Å². The number of thiazole rings is 1. The summed E-state index contributed by atoms with van der Waals surface area (Å²) in [5, 5.41) is 37.7. The molecule has 13 rings (SSSR count). The van der Waals surface area contributed by atoms with Crippen LogP contribution >= 0.6 is 11.3 Å². The highest BCUT2D eigenvalue weighted by Crippen LogP contribution is 2.45. The van der Waals surface area contributed by atoms with Crippen molar-refractivity contribution in [3.05, 3.63) is 102 Å². The van der Waals surface area contributed by atoms with E-state index in [0.717, 1.165) is 136 Å². The van der Waals surface area contributed by atoms with E-state index in [2.05, 4.69) is 62.4 Å². The molecular weight excluding hydrogens is 1070 g/mol. The van der Waals surface area contributed by atoms with Crippen molar-refractivity contribution in [3.8, 4) is 33.3 Å². The second kappa shape index (κ2) is 23.3. The van der Waals surface area contributed by atoms with Crippen LogP contribution in [0.2, 0.25) is 0 Å². The first kappa shape index (κ1) is 55.3. The van der Waals surface area contributed by atoms with Gasteiger partial charge in [0.2, 0.25) is 17.7 Å². The molecule has 8 atom stereocenters. The first-order valence-corrected chi connectivity index (χ1v) is 31.1. The quantitative estimate of drug-likeness (QED) is 0.0671. The number of para-hydroxylation sites is 1. The summed E-state index contributed by atoms with van der Waals surface area (Å²) in [4.78, 5) is 50.1. The maximum atomic E-state index is 14.5. The highest BCUT2D eigenvalue weighted by atomic mass is 32.1. The number of aliphatic hydroxyl groups excluding tert-OH is 1. The van der Waals surface area contributed by atoms with E-state index < -0.39 is 18.1 Å². The number of carbonyl (C=O) groups is 2. The van der Waals surface area contributed by atoms with E-state index in [1.165, 1.54) is 0 Å². The Balaban J connectivity index is 0.551. The number of benzene rings is 2. The zero-order valence-electron chi connectivity index (χ0n) is 48.0. The van der Waals surface area contributed by atoms with Crippen molar-refractivity contribution in [2.45, 2.75) is 165 Å². The number of anilines is 4. The number of β-amino-alcohol motifs (C(OH)–C–C–N with tert-alkyl or cyclic N) is 1. The van der Waals surface area contributed by atoms with E-state index in [-0.39, 0.29) is 60.8 Å². The molecule has 1 aliphatic carbocycles. The lowest BCUT2D eigenvalue weighted by Gasteiger charge is -2.43. The van der Waals surface area contributed by atoms with E-state index in [9.17, 15) is 19.8 Å². The molecule has 5 N–H and O–H groups in total. The molecule has 19 nitrogen and oxygen atoms in total. The number of aromatic nitrogens is 5. The number of hydrogen-bond donors (Lipinski definition) is 4. The van der Waals surface area contributed by atoms with Crippen molar-refractivity contribution in [2.24, 2.45) is 11.8 Å². The highest BCUT2D eigenvalue weighted by Gasteiger charge is 2.47. The lowest BCUT2D eigenvalue weighted by atomic mass is 9.89. The SMILES string of the molecule is Cc1ncsc1-c1ccc([C@H](C)NC(=O)[C@@H]2C[C@@H](O)CN2C(=O)[C@@H](c2cc(N3C4CCC3CC(CN3CCC(OC5CC(Oc6cc(N7C8CCC7CN(c7cc(-c9ccccc9O)nnc7N)C8)ccn6)C5)CC3)C4)no2)C(C)C)cc1. The average molecular weight is 1150 g/mol. The fraction of sp³-hybridized carbons (Fsp3) is 0.540. The molecule has 6 aromatic rings. The van der Waals surface area contributed by atoms with Gasteiger partial charge in [0.25, 0.3) is 0 Å². The summed E-state index contributed by atoms with van der Waals surface area (Å²) in [6, 6.07) is 23.7. The lowest BCUT2D eigenvalue weighted by Crippen LogP contribution is -2.54. The van der Waals surface area contributed by atoms with E-state index >= 15 is 0 Å². The van der Waals surface area contributed by atoms with Crippen LogP contribution in [0.3, 0.4) is 0 Å². The second-order valence-corrected chi connectivity index (χ2v) is 25.8. The summed E-state index contributed by atoms with van der Waals surface area (Å²) >= 11 is 1.60. The van der Waals surface area contributed by atoms with Crippen LogP contribution in [-0.2, 0) is 14.3 Å². The summed E-state index contributed by atoms with van der Waals surface area (Å²) in [5.74, 6) is 1.84. The van der Waals surface area contributed by atoms with Gasteiger partial charge < -0.3 is 59.8 Å². The van der Waals surface area contributed by atoms with Crippen molar-refractivity contribution >= 4 is 46.2 Å². The van der Waals surface area contributed by atoms with Gasteiger partial charge in [0.1, 0.15) is 23.8 Å². The van der Waals surface area contributed by atoms with Crippen LogP contribution in [0.4, 0.5) is 23.0 Å². The molecular formula is C63H78N12O7S. The van der Waals surface area contributed by atoms with Gasteiger partial charge in [-0.25, -0.2) is 9.97 Å². The summed E-state index contributed by atoms with van der Waals surface area (Å²) in [7, 11) is 0. The molecule has 4 unspecified atom stereocenters. The topological polar surface area (TPSA) is 225 Å². The van der Waals surface area contributed by atoms with Crippen molar-refractivity contribution in [1.29, 1.82) is 0 Å². The number of phenolic OH excluding ortho intramolecular Hbond substituents is 1. The number of piperidine rings is 2. The molecule has 1 saturated carbocycles. The number of hydrogen-bond acceptors (Lipinski definition) is 18. The maximum Gasteiger partial charge on any atom is 0.243 e. The molecule has 438 valence electrons. The zero-order chi connectivity index (χ0) is 57.0. The van der Waals surface area contributed by atoms with E-state index in [4.69, 9.17) is 19.7 Å². The first-order valence-electron chi connectivity index (χ1n) is 30.3. The molecule has 4 aromatic heterocycles. The van der Waals surface area contributed by atoms with Gasteiger partial charge in [-0.2, -0.15) is 0 Å². The summed E-state index contributed by atoms with van der Waals surface area (Å²) in [5.41, 5.74) is 14.5. The molecule has 2 aromatic carbocycles. The van der Waals surface area contributed by atoms with Gasteiger partial charge in [0.05, 0.1) is 51.8 Å². The van der Waals surface area contributed by atoms with Gasteiger partial charge in [-0.1, -0.05) is 55.4 Å². The van der Waals surface area contributed by atoms with Crippen LogP contribution in [0.1, 0.15) is 120 Å². The Hall–Kier alpha value is -6.87. The van der Waals surface area contributed by atoms with E-state index in [1.54, 1.807) is 28.4 Å². The van der Waals surface area contributed by atoms with Gasteiger partial charge in [-0.15, -0.1) is 21.5 Å². The molecule has 10 heterocycles. The van der Waals surface area contributed by atoms with E-state index in [0.29, 0.717) is 58.8 Å². The number of pyridine rings is 1. The number of ether oxygens (including phenoxy) is 2. The molecule has 7 aliphatic rings. The first-order chi connectivity index (χ1) is 40.3. The number of nitrogen functional groups attached to an aromatic ring is 1. The minimum Gasteiger partial charge on any atom is -0.507 e. The van der Waals surface area contributed by atoms with Crippen LogP contribution < -0.4 is 30.5 Å². The number of carbonyl (C=O) groups excluding carboxylic acids is 2. The predicted octanol–water partition coefficient (Wildman–Crippen LogP) is 8.52. The van der Waals surface area contributed by atoms with Crippen LogP contribution in [-0.4, -0.2) is 151 Å². The minimum atomic E-state index is -0.802. The Morgan fingerprint density at radius 1 is 0.819 bits per heavy atom. The number of phenols is 1. The van der Waals surface area contributed by atoms with Gasteiger partial charge in [0.15, 0.2) is 17.4 Å². The Labute approximate surface area is 489 Å². The Bertz CT molecular complexity index is 3240. The predicted molar refractivity (Wildman–Crippen MR) is 318 cm³/mol. The smallest absolute Gasteiger partial charge is 0.243 e. The van der Waals surface area contributed by atoms with Crippen LogP contribution in [0.25, 0.3) is 21.7 Å². The number of aliphatic hydroxyl groups is 1. The number of aromatic hydroxyl groups is 1. The van der Waals surface area contributed by atoms with Gasteiger partial charge in [0, 0.05) is 112 Å². The van der Waals surface area contributed by atoms with Crippen LogP contribution in [0.15, 0.2) is 89.0 Å². The molecule has 7 fully saturated rings. The Morgan fingerprint density at radius 3 is 2.27 bits per heavy atom. The van der Waals surface area contributed by atoms with Crippen molar-refractivity contribution in [2.75, 3.05) is 59.7 Å². The van der Waals surface area contributed by atoms with Crippen LogP contribution in [0, 0.1) is 18.8 Å². The minimum absolute atomic E-state index is 0.0865. The van der Waals surface area contributed by atoms with E-state index in [1.807, 2.05) is 87.9 Å². The van der Waals surface area contributed by atoms with Crippen molar-refractivity contribution < 1.29 is 33.8 Å². The number of nitrogens with two attached hydrogens (primary N) is 1. The number of aryl methyl sites for hydroxylation is 1. The van der Waals surface area contributed by atoms with Crippen molar-refractivity contribution in [3.63, 3.8) is 0 Å². The molecule has 83 heavy (non-hydrogen) atoms. The van der Waals surface area contributed by atoms with Gasteiger partial charge >= 0.3 is 0 Å². The Morgan fingerprint density at radius 2 is 1.55 bits per heavy atom. The number of likely N-dealkylation sites (tertiary alicyclic amines) is 2. The fourth-order valence-corrected chi connectivity index (χ4v) is 15.7. The normalized spacial score (nSPS) is 27.0. The number of nitrogens with one attached hydrogen (secondary N) is 1. The number of rotatable bonds is 17. The van der Waals surface area contributed by atoms with Gasteiger partial charge in [-0.05, 0) is 112 Å². The monoisotopic (exact) mass is 1150 g/mol. The summed E-state index contributed by atoms with van der Waals surface area (Å²) in [6.45, 7) is 12.8. The molecule has 6 saturated heterocycles. The molecule has 6 aliphatic heterocycles. The van der Waals surface area contributed by atoms with Gasteiger partial charge in [-0.3, -0.25) is 9.59 Å². The third-order valence-electron chi connectivity index (χ3n) is 19.1. The maximum absolute atomic E-state index is 14.5. The summed E-state index contributed by atoms with van der Waals surface area (Å²) in [6.07, 6.45) is 12.2.